The average Bonchev–Trinajstić information content (AvgIpc) is 2.77. The number of hydrogen-bond donors (Lipinski definition) is 2. The molecule has 0 aliphatic rings. The van der Waals surface area contributed by atoms with Gasteiger partial charge in [0.2, 0.25) is 5.91 Å². The zero-order chi connectivity index (χ0) is 24.4. The monoisotopic (exact) mass is 474 g/mol. The molecular formula is C24H31ClN4O4. The SMILES string of the molecule is COc1ccc(CC(=O)NC(N)=N[C@H](CC(C)C)C(=O)CCc2ccc(Cl)nc2)cc1OC. The predicted molar refractivity (Wildman–Crippen MR) is 129 cm³/mol. The van der Waals surface area contributed by atoms with E-state index < -0.39 is 6.04 Å². The zero-order valence-electron chi connectivity index (χ0n) is 19.4. The molecule has 0 saturated carbocycles. The van der Waals surface area contributed by atoms with Gasteiger partial charge in [0.25, 0.3) is 0 Å². The normalized spacial score (nSPS) is 12.4. The highest BCUT2D eigenvalue weighted by atomic mass is 35.5. The zero-order valence-corrected chi connectivity index (χ0v) is 20.2. The lowest BCUT2D eigenvalue weighted by atomic mass is 9.97. The fraction of sp³-hybridized carbons (Fsp3) is 0.417. The van der Waals surface area contributed by atoms with E-state index in [0.717, 1.165) is 11.1 Å². The summed E-state index contributed by atoms with van der Waals surface area (Å²) in [4.78, 5) is 33.6. The number of carbonyl (C=O) groups excluding carboxylic acids is 2. The second-order valence-electron chi connectivity index (χ2n) is 8.03. The lowest BCUT2D eigenvalue weighted by molar-refractivity contribution is -0.121. The lowest BCUT2D eigenvalue weighted by Crippen LogP contribution is -2.39. The molecule has 0 aliphatic carbocycles. The van der Waals surface area contributed by atoms with Crippen LogP contribution in [0.2, 0.25) is 5.15 Å². The number of pyridine rings is 1. The second kappa shape index (κ2) is 12.8. The van der Waals surface area contributed by atoms with Gasteiger partial charge in [-0.2, -0.15) is 0 Å². The van der Waals surface area contributed by atoms with Crippen molar-refractivity contribution in [2.45, 2.75) is 45.6 Å². The first-order valence-electron chi connectivity index (χ1n) is 10.7. The minimum absolute atomic E-state index is 0.0456. The number of nitrogens with one attached hydrogen (secondary N) is 1. The number of guanidine groups is 1. The number of aromatic nitrogens is 1. The number of ether oxygens (including phenoxy) is 2. The van der Waals surface area contributed by atoms with Crippen LogP contribution < -0.4 is 20.5 Å². The van der Waals surface area contributed by atoms with E-state index in [-0.39, 0.29) is 36.4 Å². The molecule has 8 nitrogen and oxygen atoms in total. The fourth-order valence-corrected chi connectivity index (χ4v) is 3.37. The number of aliphatic imine (C=N–C) groups is 1. The van der Waals surface area contributed by atoms with E-state index in [1.807, 2.05) is 19.9 Å². The molecule has 0 unspecified atom stereocenters. The number of carbonyl (C=O) groups is 2. The summed E-state index contributed by atoms with van der Waals surface area (Å²) in [5, 5.41) is 2.98. The van der Waals surface area contributed by atoms with Crippen molar-refractivity contribution < 1.29 is 19.1 Å². The van der Waals surface area contributed by atoms with E-state index in [1.165, 1.54) is 7.11 Å². The van der Waals surface area contributed by atoms with Crippen LogP contribution in [0.4, 0.5) is 0 Å². The van der Waals surface area contributed by atoms with Gasteiger partial charge in [-0.05, 0) is 48.1 Å². The highest BCUT2D eigenvalue weighted by Crippen LogP contribution is 2.27. The second-order valence-corrected chi connectivity index (χ2v) is 8.42. The first kappa shape index (κ1) is 26.1. The predicted octanol–water partition coefficient (Wildman–Crippen LogP) is 3.34. The van der Waals surface area contributed by atoms with Gasteiger partial charge in [0.1, 0.15) is 11.2 Å². The van der Waals surface area contributed by atoms with E-state index in [2.05, 4.69) is 15.3 Å². The number of rotatable bonds is 11. The number of hydrogen-bond acceptors (Lipinski definition) is 6. The maximum Gasteiger partial charge on any atom is 0.231 e. The van der Waals surface area contributed by atoms with Gasteiger partial charge in [0.15, 0.2) is 23.2 Å². The van der Waals surface area contributed by atoms with Crippen molar-refractivity contribution in [3.8, 4) is 11.5 Å². The van der Waals surface area contributed by atoms with Gasteiger partial charge in [-0.1, -0.05) is 37.6 Å². The Morgan fingerprint density at radius 1 is 1.12 bits per heavy atom. The molecule has 0 spiro atoms. The number of nitrogens with two attached hydrogens (primary N) is 1. The van der Waals surface area contributed by atoms with Crippen LogP contribution in [0, 0.1) is 5.92 Å². The third-order valence-corrected chi connectivity index (χ3v) is 5.11. The number of amides is 1. The van der Waals surface area contributed by atoms with Gasteiger partial charge in [0, 0.05) is 12.6 Å². The van der Waals surface area contributed by atoms with Crippen LogP contribution in [-0.2, 0) is 22.4 Å². The van der Waals surface area contributed by atoms with Gasteiger partial charge in [-0.15, -0.1) is 0 Å². The summed E-state index contributed by atoms with van der Waals surface area (Å²) in [6.07, 6.45) is 3.07. The third-order valence-electron chi connectivity index (χ3n) is 4.89. The van der Waals surface area contributed by atoms with Gasteiger partial charge in [-0.25, -0.2) is 9.98 Å². The van der Waals surface area contributed by atoms with Crippen molar-refractivity contribution in [3.63, 3.8) is 0 Å². The van der Waals surface area contributed by atoms with Crippen LogP contribution in [-0.4, -0.2) is 42.9 Å². The molecule has 178 valence electrons. The highest BCUT2D eigenvalue weighted by molar-refractivity contribution is 6.29. The lowest BCUT2D eigenvalue weighted by Gasteiger charge is -2.15. The Labute approximate surface area is 199 Å². The van der Waals surface area contributed by atoms with E-state index in [9.17, 15) is 9.59 Å². The first-order valence-corrected chi connectivity index (χ1v) is 11.1. The summed E-state index contributed by atoms with van der Waals surface area (Å²) in [6.45, 7) is 4.01. The minimum atomic E-state index is -0.633. The molecule has 1 heterocycles. The molecule has 0 saturated heterocycles. The van der Waals surface area contributed by atoms with Crippen molar-refractivity contribution in [2.24, 2.45) is 16.6 Å². The number of Topliss-reactive ketones (excluding diaryl/α,β-unsaturated/α-hetero) is 1. The molecular weight excluding hydrogens is 444 g/mol. The van der Waals surface area contributed by atoms with Crippen molar-refractivity contribution in [2.75, 3.05) is 14.2 Å². The fourth-order valence-electron chi connectivity index (χ4n) is 3.25. The van der Waals surface area contributed by atoms with Crippen molar-refractivity contribution in [3.05, 3.63) is 52.8 Å². The molecule has 1 amide bonds. The molecule has 9 heteroatoms. The van der Waals surface area contributed by atoms with Crippen molar-refractivity contribution in [1.29, 1.82) is 0 Å². The largest absolute Gasteiger partial charge is 0.493 e. The van der Waals surface area contributed by atoms with Gasteiger partial charge in [-0.3, -0.25) is 14.9 Å². The number of ketones is 1. The first-order chi connectivity index (χ1) is 15.7. The number of methoxy groups -OCH3 is 2. The Balaban J connectivity index is 2.00. The molecule has 2 rings (SSSR count). The molecule has 3 N–H and O–H groups in total. The van der Waals surface area contributed by atoms with Crippen LogP contribution >= 0.6 is 11.6 Å². The van der Waals surface area contributed by atoms with Crippen molar-refractivity contribution >= 4 is 29.3 Å². The van der Waals surface area contributed by atoms with E-state index in [1.54, 1.807) is 37.6 Å². The van der Waals surface area contributed by atoms with Gasteiger partial charge < -0.3 is 15.2 Å². The molecule has 0 radical (unpaired) electrons. The maximum atomic E-state index is 12.8. The van der Waals surface area contributed by atoms with Gasteiger partial charge in [0.05, 0.1) is 20.6 Å². The van der Waals surface area contributed by atoms with Crippen molar-refractivity contribution in [1.82, 2.24) is 10.3 Å². The Kier molecular flexibility index (Phi) is 10.1. The number of benzene rings is 1. The highest BCUT2D eigenvalue weighted by Gasteiger charge is 2.20. The number of nitrogens with zero attached hydrogens (tertiary/aromatic N) is 2. The summed E-state index contributed by atoms with van der Waals surface area (Å²) in [5.41, 5.74) is 7.60. The van der Waals surface area contributed by atoms with Crippen LogP contribution in [0.3, 0.4) is 0 Å². The minimum Gasteiger partial charge on any atom is -0.493 e. The van der Waals surface area contributed by atoms with E-state index in [0.29, 0.717) is 29.5 Å². The summed E-state index contributed by atoms with van der Waals surface area (Å²) >= 11 is 5.80. The summed E-state index contributed by atoms with van der Waals surface area (Å²) in [6, 6.07) is 8.12. The molecule has 0 bridgehead atoms. The third kappa shape index (κ3) is 8.73. The standard InChI is InChI=1S/C24H31ClN4O4/c1-15(2)11-18(19(30)8-5-16-7-10-22(25)27-14-16)28-24(26)29-23(31)13-17-6-9-20(32-3)21(12-17)33-4/h6-7,9-10,12,14-15,18H,5,8,11,13H2,1-4H3,(H3,26,28,29,31)/t18-/m1/s1. The molecule has 33 heavy (non-hydrogen) atoms. The molecule has 1 aromatic heterocycles. The quantitative estimate of drug-likeness (QED) is 0.293. The Morgan fingerprint density at radius 3 is 2.42 bits per heavy atom. The Morgan fingerprint density at radius 2 is 1.82 bits per heavy atom. The van der Waals surface area contributed by atoms with Gasteiger partial charge >= 0.3 is 0 Å². The summed E-state index contributed by atoms with van der Waals surface area (Å²) < 4.78 is 10.5. The van der Waals surface area contributed by atoms with E-state index in [4.69, 9.17) is 26.8 Å². The molecule has 1 atom stereocenters. The van der Waals surface area contributed by atoms with Crippen LogP contribution in [0.15, 0.2) is 41.5 Å². The van der Waals surface area contributed by atoms with Crippen LogP contribution in [0.1, 0.15) is 37.8 Å². The van der Waals surface area contributed by atoms with E-state index >= 15 is 0 Å². The number of aryl methyl sites for hydroxylation is 1. The summed E-state index contributed by atoms with van der Waals surface area (Å²) in [7, 11) is 3.07. The smallest absolute Gasteiger partial charge is 0.231 e. The molecule has 0 fully saturated rings. The molecule has 2 aromatic rings. The topological polar surface area (TPSA) is 116 Å². The Bertz CT molecular complexity index is 977. The van der Waals surface area contributed by atoms with Crippen LogP contribution in [0.25, 0.3) is 0 Å². The Hall–Kier alpha value is -3.13. The number of halogens is 1. The average molecular weight is 475 g/mol. The summed E-state index contributed by atoms with van der Waals surface area (Å²) in [5.74, 6) is 0.875. The molecule has 0 aliphatic heterocycles. The molecule has 1 aromatic carbocycles. The van der Waals surface area contributed by atoms with Crippen LogP contribution in [0.5, 0.6) is 11.5 Å². The maximum absolute atomic E-state index is 12.8.